The van der Waals surface area contributed by atoms with Gasteiger partial charge in [-0.15, -0.1) is 0 Å². The zero-order valence-electron chi connectivity index (χ0n) is 11.1. The SMILES string of the molecule is Cc1cc(C)c(C(=O)c2c(Cl)cccc2Cl)c(C)c1. The van der Waals surface area contributed by atoms with Crippen LogP contribution in [0.5, 0.6) is 0 Å². The van der Waals surface area contributed by atoms with Crippen LogP contribution in [0.2, 0.25) is 10.0 Å². The van der Waals surface area contributed by atoms with Gasteiger partial charge in [-0.05, 0) is 44.0 Å². The number of carbonyl (C=O) groups is 1. The van der Waals surface area contributed by atoms with E-state index in [2.05, 4.69) is 0 Å². The highest BCUT2D eigenvalue weighted by atomic mass is 35.5. The van der Waals surface area contributed by atoms with Crippen molar-refractivity contribution >= 4 is 29.0 Å². The lowest BCUT2D eigenvalue weighted by atomic mass is 9.93. The second kappa shape index (κ2) is 5.36. The fourth-order valence-electron chi connectivity index (χ4n) is 2.38. The minimum absolute atomic E-state index is 0.120. The molecule has 0 fully saturated rings. The molecule has 0 heterocycles. The van der Waals surface area contributed by atoms with Crippen LogP contribution in [0.1, 0.15) is 32.6 Å². The molecule has 0 aliphatic carbocycles. The van der Waals surface area contributed by atoms with E-state index >= 15 is 0 Å². The summed E-state index contributed by atoms with van der Waals surface area (Å²) >= 11 is 12.2. The Balaban J connectivity index is 2.64. The van der Waals surface area contributed by atoms with Crippen LogP contribution in [0.15, 0.2) is 30.3 Å². The maximum absolute atomic E-state index is 12.7. The quantitative estimate of drug-likeness (QED) is 0.700. The molecule has 0 bridgehead atoms. The molecule has 0 atom stereocenters. The van der Waals surface area contributed by atoms with E-state index in [1.807, 2.05) is 32.9 Å². The molecule has 0 amide bonds. The number of hydrogen-bond donors (Lipinski definition) is 0. The van der Waals surface area contributed by atoms with Gasteiger partial charge in [0, 0.05) is 5.56 Å². The van der Waals surface area contributed by atoms with Gasteiger partial charge in [0.1, 0.15) is 0 Å². The number of aryl methyl sites for hydroxylation is 3. The summed E-state index contributed by atoms with van der Waals surface area (Å²) in [6.07, 6.45) is 0. The zero-order chi connectivity index (χ0) is 14.2. The van der Waals surface area contributed by atoms with E-state index in [4.69, 9.17) is 23.2 Å². The maximum atomic E-state index is 12.7. The Labute approximate surface area is 123 Å². The molecule has 0 unspecified atom stereocenters. The number of benzene rings is 2. The summed E-state index contributed by atoms with van der Waals surface area (Å²) in [6, 6.07) is 9.07. The first-order valence-electron chi connectivity index (χ1n) is 5.98. The van der Waals surface area contributed by atoms with E-state index < -0.39 is 0 Å². The Morgan fingerprint density at radius 3 is 1.84 bits per heavy atom. The van der Waals surface area contributed by atoms with Crippen LogP contribution < -0.4 is 0 Å². The average Bonchev–Trinajstić information content (AvgIpc) is 2.26. The van der Waals surface area contributed by atoms with E-state index in [1.54, 1.807) is 18.2 Å². The van der Waals surface area contributed by atoms with Gasteiger partial charge in [-0.1, -0.05) is 47.0 Å². The van der Waals surface area contributed by atoms with E-state index in [0.29, 0.717) is 21.2 Å². The normalized spacial score (nSPS) is 10.6. The summed E-state index contributed by atoms with van der Waals surface area (Å²) in [5.74, 6) is -0.120. The summed E-state index contributed by atoms with van der Waals surface area (Å²) in [6.45, 7) is 5.87. The largest absolute Gasteiger partial charge is 0.288 e. The zero-order valence-corrected chi connectivity index (χ0v) is 12.6. The number of ketones is 1. The minimum atomic E-state index is -0.120. The highest BCUT2D eigenvalue weighted by Gasteiger charge is 2.20. The monoisotopic (exact) mass is 292 g/mol. The maximum Gasteiger partial charge on any atom is 0.196 e. The van der Waals surface area contributed by atoms with Gasteiger partial charge in [-0.25, -0.2) is 0 Å². The first-order chi connectivity index (χ1) is 8.91. The minimum Gasteiger partial charge on any atom is -0.288 e. The summed E-state index contributed by atoms with van der Waals surface area (Å²) in [4.78, 5) is 12.7. The van der Waals surface area contributed by atoms with Crippen molar-refractivity contribution in [2.45, 2.75) is 20.8 Å². The Kier molecular flexibility index (Phi) is 3.98. The van der Waals surface area contributed by atoms with Gasteiger partial charge >= 0.3 is 0 Å². The average molecular weight is 293 g/mol. The summed E-state index contributed by atoms with van der Waals surface area (Å²) in [5.41, 5.74) is 4.08. The second-order valence-electron chi connectivity index (χ2n) is 4.70. The van der Waals surface area contributed by atoms with Crippen molar-refractivity contribution in [3.8, 4) is 0 Å². The van der Waals surface area contributed by atoms with Gasteiger partial charge in [0.15, 0.2) is 5.78 Å². The first-order valence-corrected chi connectivity index (χ1v) is 6.74. The lowest BCUT2D eigenvalue weighted by molar-refractivity contribution is 0.103. The van der Waals surface area contributed by atoms with Gasteiger partial charge in [-0.3, -0.25) is 4.79 Å². The van der Waals surface area contributed by atoms with Crippen molar-refractivity contribution in [1.82, 2.24) is 0 Å². The number of carbonyl (C=O) groups excluding carboxylic acids is 1. The molecule has 98 valence electrons. The van der Waals surface area contributed by atoms with E-state index in [1.165, 1.54) is 0 Å². The Morgan fingerprint density at radius 1 is 0.895 bits per heavy atom. The van der Waals surface area contributed by atoms with Crippen molar-refractivity contribution in [2.75, 3.05) is 0 Å². The molecule has 0 spiro atoms. The van der Waals surface area contributed by atoms with E-state index in [0.717, 1.165) is 16.7 Å². The van der Waals surface area contributed by atoms with Crippen molar-refractivity contribution < 1.29 is 4.79 Å². The van der Waals surface area contributed by atoms with Gasteiger partial charge in [-0.2, -0.15) is 0 Å². The molecular weight excluding hydrogens is 279 g/mol. The van der Waals surface area contributed by atoms with Crippen LogP contribution in [0.25, 0.3) is 0 Å². The fourth-order valence-corrected chi connectivity index (χ4v) is 2.95. The lowest BCUT2D eigenvalue weighted by Gasteiger charge is -2.12. The number of rotatable bonds is 2. The Bertz CT molecular complexity index is 617. The molecule has 0 aromatic heterocycles. The smallest absolute Gasteiger partial charge is 0.196 e. The van der Waals surface area contributed by atoms with E-state index in [9.17, 15) is 4.79 Å². The first kappa shape index (κ1) is 14.1. The Morgan fingerprint density at radius 2 is 1.37 bits per heavy atom. The van der Waals surface area contributed by atoms with Crippen molar-refractivity contribution in [3.05, 3.63) is 68.2 Å². The standard InChI is InChI=1S/C16H14Cl2O/c1-9-7-10(2)14(11(3)8-9)16(19)15-12(17)5-4-6-13(15)18/h4-8H,1-3H3. The molecule has 2 aromatic carbocycles. The van der Waals surface area contributed by atoms with Crippen molar-refractivity contribution in [2.24, 2.45) is 0 Å². The Hall–Kier alpha value is -1.31. The summed E-state index contributed by atoms with van der Waals surface area (Å²) < 4.78 is 0. The second-order valence-corrected chi connectivity index (χ2v) is 5.51. The van der Waals surface area contributed by atoms with Gasteiger partial charge in [0.2, 0.25) is 0 Å². The molecule has 0 N–H and O–H groups in total. The molecule has 0 aliphatic rings. The lowest BCUT2D eigenvalue weighted by Crippen LogP contribution is -2.08. The van der Waals surface area contributed by atoms with Gasteiger partial charge in [0.25, 0.3) is 0 Å². The molecule has 19 heavy (non-hydrogen) atoms. The molecule has 1 nitrogen and oxygen atoms in total. The third kappa shape index (κ3) is 2.68. The highest BCUT2D eigenvalue weighted by molar-refractivity contribution is 6.41. The van der Waals surface area contributed by atoms with Gasteiger partial charge in [0.05, 0.1) is 15.6 Å². The van der Waals surface area contributed by atoms with Gasteiger partial charge < -0.3 is 0 Å². The summed E-state index contributed by atoms with van der Waals surface area (Å²) in [7, 11) is 0. The highest BCUT2D eigenvalue weighted by Crippen LogP contribution is 2.29. The molecule has 0 saturated carbocycles. The molecule has 0 saturated heterocycles. The molecular formula is C16H14Cl2O. The molecule has 0 radical (unpaired) electrons. The van der Waals surface area contributed by atoms with Crippen LogP contribution in [0.4, 0.5) is 0 Å². The van der Waals surface area contributed by atoms with Crippen molar-refractivity contribution in [1.29, 1.82) is 0 Å². The van der Waals surface area contributed by atoms with Crippen LogP contribution in [0.3, 0.4) is 0 Å². The van der Waals surface area contributed by atoms with E-state index in [-0.39, 0.29) is 5.78 Å². The van der Waals surface area contributed by atoms with Crippen LogP contribution >= 0.6 is 23.2 Å². The summed E-state index contributed by atoms with van der Waals surface area (Å²) in [5, 5.41) is 0.772. The number of hydrogen-bond acceptors (Lipinski definition) is 1. The molecule has 2 aromatic rings. The third-order valence-corrected chi connectivity index (χ3v) is 3.72. The molecule has 3 heteroatoms. The van der Waals surface area contributed by atoms with Crippen LogP contribution in [-0.2, 0) is 0 Å². The topological polar surface area (TPSA) is 17.1 Å². The predicted molar refractivity (Wildman–Crippen MR) is 80.5 cm³/mol. The third-order valence-electron chi connectivity index (χ3n) is 3.09. The fraction of sp³-hybridized carbons (Fsp3) is 0.188. The van der Waals surface area contributed by atoms with Crippen molar-refractivity contribution in [3.63, 3.8) is 0 Å². The van der Waals surface area contributed by atoms with Crippen LogP contribution in [0, 0.1) is 20.8 Å². The molecule has 2 rings (SSSR count). The molecule has 0 aliphatic heterocycles. The predicted octanol–water partition coefficient (Wildman–Crippen LogP) is 5.15. The number of halogens is 2. The van der Waals surface area contributed by atoms with Crippen LogP contribution in [-0.4, -0.2) is 5.78 Å².